The van der Waals surface area contributed by atoms with E-state index in [0.717, 1.165) is 0 Å². The van der Waals surface area contributed by atoms with Crippen LogP contribution in [0, 0.1) is 0 Å². The minimum Gasteiger partial charge on any atom is -0.374 e. The Morgan fingerprint density at radius 1 is 1.31 bits per heavy atom. The Labute approximate surface area is 99.5 Å². The highest BCUT2D eigenvalue weighted by Gasteiger charge is 2.31. The van der Waals surface area contributed by atoms with Crippen molar-refractivity contribution in [3.8, 4) is 0 Å². The number of nitrogens with zero attached hydrogens (tertiary/aromatic N) is 1. The lowest BCUT2D eigenvalue weighted by atomic mass is 9.74. The van der Waals surface area contributed by atoms with E-state index in [9.17, 15) is 0 Å². The molecule has 0 saturated carbocycles. The maximum absolute atomic E-state index is 4.50. The molecule has 16 heavy (non-hydrogen) atoms. The van der Waals surface area contributed by atoms with Crippen molar-refractivity contribution in [1.82, 2.24) is 0 Å². The van der Waals surface area contributed by atoms with Crippen LogP contribution in [0.4, 0.5) is 5.69 Å². The molecule has 1 aromatic rings. The van der Waals surface area contributed by atoms with Crippen LogP contribution in [0.2, 0.25) is 0 Å². The highest BCUT2D eigenvalue weighted by Crippen LogP contribution is 2.40. The molecule has 0 spiro atoms. The molecule has 0 aromatic heterocycles. The van der Waals surface area contributed by atoms with Gasteiger partial charge in [0.2, 0.25) is 0 Å². The Morgan fingerprint density at radius 3 is 2.56 bits per heavy atom. The van der Waals surface area contributed by atoms with Gasteiger partial charge in [0.15, 0.2) is 0 Å². The van der Waals surface area contributed by atoms with Gasteiger partial charge in [0.1, 0.15) is 0 Å². The standard InChI is InChI=1S/C13H19N.CH5N/c1-4-13(2)9-10-14(3)12-8-6-5-7-11(12)13;1-2/h5-8H,4,9-10H2,1-3H3;2H2,1H3. The van der Waals surface area contributed by atoms with Crippen molar-refractivity contribution in [2.24, 2.45) is 5.73 Å². The summed E-state index contributed by atoms with van der Waals surface area (Å²) in [5.74, 6) is 0. The van der Waals surface area contributed by atoms with Crippen molar-refractivity contribution >= 4 is 5.69 Å². The average molecular weight is 220 g/mol. The zero-order valence-electron chi connectivity index (χ0n) is 11.0. The van der Waals surface area contributed by atoms with Gasteiger partial charge in [-0.2, -0.15) is 0 Å². The smallest absolute Gasteiger partial charge is 0.0401 e. The van der Waals surface area contributed by atoms with Crippen LogP contribution in [-0.2, 0) is 5.41 Å². The van der Waals surface area contributed by atoms with Crippen LogP contribution in [0.15, 0.2) is 24.3 Å². The van der Waals surface area contributed by atoms with E-state index < -0.39 is 0 Å². The number of fused-ring (bicyclic) bond motifs is 1. The molecule has 2 heteroatoms. The van der Waals surface area contributed by atoms with Crippen molar-refractivity contribution in [2.75, 3.05) is 25.5 Å². The van der Waals surface area contributed by atoms with E-state index in [4.69, 9.17) is 0 Å². The van der Waals surface area contributed by atoms with Crippen LogP contribution in [0.1, 0.15) is 32.3 Å². The minimum absolute atomic E-state index is 0.392. The minimum atomic E-state index is 0.392. The van der Waals surface area contributed by atoms with Gasteiger partial charge in [0.05, 0.1) is 0 Å². The van der Waals surface area contributed by atoms with Gasteiger partial charge in [0, 0.05) is 19.3 Å². The molecule has 1 heterocycles. The van der Waals surface area contributed by atoms with Gasteiger partial charge in [-0.25, -0.2) is 0 Å². The quantitative estimate of drug-likeness (QED) is 0.788. The fourth-order valence-electron chi connectivity index (χ4n) is 2.35. The number of benzene rings is 1. The lowest BCUT2D eigenvalue weighted by Gasteiger charge is -2.40. The van der Waals surface area contributed by atoms with Crippen molar-refractivity contribution in [2.45, 2.75) is 32.1 Å². The second-order valence-electron chi connectivity index (χ2n) is 4.60. The van der Waals surface area contributed by atoms with Gasteiger partial charge in [-0.1, -0.05) is 32.0 Å². The van der Waals surface area contributed by atoms with Crippen LogP contribution < -0.4 is 10.6 Å². The predicted molar refractivity (Wildman–Crippen MR) is 72.1 cm³/mol. The van der Waals surface area contributed by atoms with Gasteiger partial charge in [-0.3, -0.25) is 0 Å². The molecular formula is C14H24N2. The van der Waals surface area contributed by atoms with E-state index in [0.29, 0.717) is 5.41 Å². The van der Waals surface area contributed by atoms with Crippen LogP contribution in [-0.4, -0.2) is 20.6 Å². The molecule has 1 aliphatic heterocycles. The van der Waals surface area contributed by atoms with Gasteiger partial charge >= 0.3 is 0 Å². The number of anilines is 1. The first-order chi connectivity index (χ1) is 7.67. The van der Waals surface area contributed by atoms with Gasteiger partial charge in [0.25, 0.3) is 0 Å². The Kier molecular flexibility index (Phi) is 4.36. The third kappa shape index (κ3) is 2.22. The Hall–Kier alpha value is -1.02. The van der Waals surface area contributed by atoms with Gasteiger partial charge in [-0.15, -0.1) is 0 Å². The van der Waals surface area contributed by atoms with Gasteiger partial charge < -0.3 is 10.6 Å². The van der Waals surface area contributed by atoms with E-state index in [1.54, 1.807) is 0 Å². The number of rotatable bonds is 1. The molecule has 2 rings (SSSR count). The van der Waals surface area contributed by atoms with Crippen molar-refractivity contribution in [3.05, 3.63) is 29.8 Å². The summed E-state index contributed by atoms with van der Waals surface area (Å²) in [5, 5.41) is 0. The number of para-hydroxylation sites is 1. The third-order valence-electron chi connectivity index (χ3n) is 3.74. The second-order valence-corrected chi connectivity index (χ2v) is 4.60. The summed E-state index contributed by atoms with van der Waals surface area (Å²) in [6.45, 7) is 5.86. The SMILES string of the molecule is CCC1(C)CCN(C)c2ccccc21.CN. The largest absolute Gasteiger partial charge is 0.374 e. The summed E-state index contributed by atoms with van der Waals surface area (Å²) < 4.78 is 0. The summed E-state index contributed by atoms with van der Waals surface area (Å²) in [6, 6.07) is 8.82. The predicted octanol–water partition coefficient (Wildman–Crippen LogP) is 2.77. The summed E-state index contributed by atoms with van der Waals surface area (Å²) in [4.78, 5) is 2.37. The molecule has 90 valence electrons. The number of hydrogen-bond acceptors (Lipinski definition) is 2. The fourth-order valence-corrected chi connectivity index (χ4v) is 2.35. The molecular weight excluding hydrogens is 196 g/mol. The van der Waals surface area contributed by atoms with Crippen molar-refractivity contribution in [3.63, 3.8) is 0 Å². The molecule has 0 saturated heterocycles. The van der Waals surface area contributed by atoms with Crippen LogP contribution >= 0.6 is 0 Å². The van der Waals surface area contributed by atoms with Crippen molar-refractivity contribution in [1.29, 1.82) is 0 Å². The summed E-state index contributed by atoms with van der Waals surface area (Å²) in [5.41, 5.74) is 7.84. The molecule has 2 N–H and O–H groups in total. The molecule has 0 aliphatic carbocycles. The zero-order valence-corrected chi connectivity index (χ0v) is 11.0. The molecule has 1 aromatic carbocycles. The maximum atomic E-state index is 4.50. The molecule has 0 amide bonds. The average Bonchev–Trinajstić information content (AvgIpc) is 2.37. The molecule has 0 radical (unpaired) electrons. The fraction of sp³-hybridized carbons (Fsp3) is 0.571. The molecule has 1 aliphatic rings. The first-order valence-electron chi connectivity index (χ1n) is 6.06. The van der Waals surface area contributed by atoms with E-state index in [1.165, 1.54) is 37.7 Å². The van der Waals surface area contributed by atoms with E-state index in [-0.39, 0.29) is 0 Å². The Balaban J connectivity index is 0.000000606. The molecule has 2 nitrogen and oxygen atoms in total. The summed E-state index contributed by atoms with van der Waals surface area (Å²) >= 11 is 0. The Morgan fingerprint density at radius 2 is 1.94 bits per heavy atom. The highest BCUT2D eigenvalue weighted by atomic mass is 15.1. The summed E-state index contributed by atoms with van der Waals surface area (Å²) in [6.07, 6.45) is 2.51. The number of hydrogen-bond donors (Lipinski definition) is 1. The first kappa shape index (κ1) is 13.0. The number of nitrogens with two attached hydrogens (primary N) is 1. The molecule has 0 bridgehead atoms. The maximum Gasteiger partial charge on any atom is 0.0401 e. The lowest BCUT2D eigenvalue weighted by Crippen LogP contribution is -2.36. The van der Waals surface area contributed by atoms with Crippen LogP contribution in [0.3, 0.4) is 0 Å². The first-order valence-corrected chi connectivity index (χ1v) is 6.06. The molecule has 1 unspecified atom stereocenters. The van der Waals surface area contributed by atoms with E-state index >= 15 is 0 Å². The molecule has 1 atom stereocenters. The lowest BCUT2D eigenvalue weighted by molar-refractivity contribution is 0.406. The molecule has 0 fully saturated rings. The Bertz CT molecular complexity index is 335. The third-order valence-corrected chi connectivity index (χ3v) is 3.74. The van der Waals surface area contributed by atoms with Crippen molar-refractivity contribution < 1.29 is 0 Å². The monoisotopic (exact) mass is 220 g/mol. The second kappa shape index (κ2) is 5.35. The van der Waals surface area contributed by atoms with Crippen LogP contribution in [0.25, 0.3) is 0 Å². The topological polar surface area (TPSA) is 29.3 Å². The summed E-state index contributed by atoms with van der Waals surface area (Å²) in [7, 11) is 3.69. The van der Waals surface area contributed by atoms with Crippen LogP contribution in [0.5, 0.6) is 0 Å². The highest BCUT2D eigenvalue weighted by molar-refractivity contribution is 5.58. The zero-order chi connectivity index (χ0) is 12.2. The van der Waals surface area contributed by atoms with E-state index in [1.807, 2.05) is 0 Å². The normalized spacial score (nSPS) is 23.2. The van der Waals surface area contributed by atoms with E-state index in [2.05, 4.69) is 55.8 Å². The van der Waals surface area contributed by atoms with Gasteiger partial charge in [-0.05, 0) is 36.9 Å².